The predicted molar refractivity (Wildman–Crippen MR) is 133 cm³/mol. The lowest BCUT2D eigenvalue weighted by Gasteiger charge is -2.26. The molecule has 1 fully saturated rings. The zero-order valence-electron chi connectivity index (χ0n) is 21.4. The van der Waals surface area contributed by atoms with Gasteiger partial charge in [0.15, 0.2) is 26.4 Å². The van der Waals surface area contributed by atoms with Crippen LogP contribution in [-0.2, 0) is 22.2 Å². The second kappa shape index (κ2) is 10.7. The number of aromatic nitrogens is 2. The molecule has 0 unspecified atom stereocenters. The van der Waals surface area contributed by atoms with Gasteiger partial charge in [0.2, 0.25) is 0 Å². The molecule has 18 heteroatoms. The number of anilines is 3. The molecule has 0 bridgehead atoms. The number of amides is 3. The molecule has 224 valence electrons. The van der Waals surface area contributed by atoms with E-state index in [9.17, 15) is 48.7 Å². The summed E-state index contributed by atoms with van der Waals surface area (Å²) in [6.45, 7) is -0.794. The first kappa shape index (κ1) is 30.5. The highest BCUT2D eigenvalue weighted by Gasteiger charge is 2.44. The molecule has 0 aliphatic carbocycles. The zero-order valence-corrected chi connectivity index (χ0v) is 22.2. The van der Waals surface area contributed by atoms with Crippen molar-refractivity contribution >= 4 is 39.2 Å². The Labute approximate surface area is 232 Å². The molecular weight excluding hydrogens is 603 g/mol. The largest absolute Gasteiger partial charge is 0.420 e. The fourth-order valence-electron chi connectivity index (χ4n) is 3.83. The van der Waals surface area contributed by atoms with Crippen LogP contribution in [0.2, 0.25) is 0 Å². The Balaban J connectivity index is 1.79. The third kappa shape index (κ3) is 6.22. The highest BCUT2D eigenvalue weighted by Crippen LogP contribution is 2.47. The summed E-state index contributed by atoms with van der Waals surface area (Å²) >= 11 is 0. The minimum atomic E-state index is -5.48. The third-order valence-electron chi connectivity index (χ3n) is 5.95. The smallest absolute Gasteiger partial charge is 0.407 e. The summed E-state index contributed by atoms with van der Waals surface area (Å²) in [5, 5.41) is -0.443. The number of rotatable bonds is 5. The molecule has 4 rings (SSSR count). The number of carbonyl (C=O) groups excluding carboxylic acids is 2. The summed E-state index contributed by atoms with van der Waals surface area (Å²) in [5.41, 5.74) is -4.81. The van der Waals surface area contributed by atoms with Gasteiger partial charge in [0.1, 0.15) is 11.4 Å². The molecule has 1 saturated heterocycles. The van der Waals surface area contributed by atoms with Crippen molar-refractivity contribution in [2.24, 2.45) is 0 Å². The zero-order chi connectivity index (χ0) is 31.2. The summed E-state index contributed by atoms with van der Waals surface area (Å²) in [6, 6.07) is 2.93. The van der Waals surface area contributed by atoms with E-state index in [1.807, 2.05) is 0 Å². The van der Waals surface area contributed by atoms with E-state index in [4.69, 9.17) is 4.74 Å². The average Bonchev–Trinajstić information content (AvgIpc) is 3.27. The van der Waals surface area contributed by atoms with Crippen LogP contribution in [-0.4, -0.2) is 56.9 Å². The van der Waals surface area contributed by atoms with Crippen molar-refractivity contribution in [3.63, 3.8) is 0 Å². The molecule has 2 heterocycles. The van der Waals surface area contributed by atoms with Gasteiger partial charge in [-0.1, -0.05) is 0 Å². The SMILES string of the molecule is CN(C(=O)Oc1c(N2CCN(c3cnc(S(C)(=O)=O)cn3)C2=O)cc(C(F)(F)F)cc1C(F)(F)F)c1ccc(F)cc1. The van der Waals surface area contributed by atoms with Crippen LogP contribution < -0.4 is 19.4 Å². The highest BCUT2D eigenvalue weighted by atomic mass is 32.2. The summed E-state index contributed by atoms with van der Waals surface area (Å²) in [7, 11) is -2.70. The number of urea groups is 1. The normalized spacial score (nSPS) is 14.4. The minimum absolute atomic E-state index is 0.0250. The van der Waals surface area contributed by atoms with Crippen LogP contribution in [0.15, 0.2) is 53.8 Å². The number of alkyl halides is 6. The van der Waals surface area contributed by atoms with Crippen LogP contribution in [0, 0.1) is 5.82 Å². The van der Waals surface area contributed by atoms with Gasteiger partial charge in [0, 0.05) is 32.1 Å². The summed E-state index contributed by atoms with van der Waals surface area (Å²) in [5.74, 6) is -2.31. The molecule has 1 aromatic heterocycles. The summed E-state index contributed by atoms with van der Waals surface area (Å²) in [4.78, 5) is 35.6. The monoisotopic (exact) mass is 621 g/mol. The van der Waals surface area contributed by atoms with E-state index in [1.165, 1.54) is 0 Å². The van der Waals surface area contributed by atoms with Gasteiger partial charge in [0.05, 0.1) is 23.6 Å². The Morgan fingerprint density at radius 2 is 1.57 bits per heavy atom. The van der Waals surface area contributed by atoms with Crippen LogP contribution in [0.5, 0.6) is 5.75 Å². The molecule has 0 atom stereocenters. The number of halogens is 7. The van der Waals surface area contributed by atoms with Gasteiger partial charge in [-0.05, 0) is 36.4 Å². The maximum absolute atomic E-state index is 14.1. The number of ether oxygens (including phenoxy) is 1. The molecule has 3 amide bonds. The molecule has 1 aliphatic rings. The van der Waals surface area contributed by atoms with Gasteiger partial charge in [-0.3, -0.25) is 14.7 Å². The molecule has 0 radical (unpaired) electrons. The highest BCUT2D eigenvalue weighted by molar-refractivity contribution is 7.90. The van der Waals surface area contributed by atoms with Crippen molar-refractivity contribution in [1.82, 2.24) is 9.97 Å². The van der Waals surface area contributed by atoms with Crippen molar-refractivity contribution in [2.45, 2.75) is 17.4 Å². The van der Waals surface area contributed by atoms with Crippen molar-refractivity contribution in [1.29, 1.82) is 0 Å². The molecule has 0 saturated carbocycles. The Morgan fingerprint density at radius 1 is 0.952 bits per heavy atom. The number of nitrogens with zero attached hydrogens (tertiary/aromatic N) is 5. The van der Waals surface area contributed by atoms with Crippen LogP contribution in [0.3, 0.4) is 0 Å². The number of sulfone groups is 1. The second-order valence-corrected chi connectivity index (χ2v) is 10.8. The Hall–Kier alpha value is -4.48. The van der Waals surface area contributed by atoms with Gasteiger partial charge in [-0.25, -0.2) is 32.4 Å². The summed E-state index contributed by atoms with van der Waals surface area (Å²) < 4.78 is 125. The van der Waals surface area contributed by atoms with Crippen molar-refractivity contribution in [3.05, 3.63) is 65.7 Å². The average molecular weight is 621 g/mol. The molecule has 42 heavy (non-hydrogen) atoms. The molecule has 10 nitrogen and oxygen atoms in total. The maximum Gasteiger partial charge on any atom is 0.420 e. The summed E-state index contributed by atoms with van der Waals surface area (Å²) in [6.07, 6.45) is -9.69. The van der Waals surface area contributed by atoms with Crippen molar-refractivity contribution in [2.75, 3.05) is 41.1 Å². The second-order valence-electron chi connectivity index (χ2n) is 8.84. The van der Waals surface area contributed by atoms with Crippen molar-refractivity contribution in [3.8, 4) is 5.75 Å². The molecule has 0 spiro atoms. The third-order valence-corrected chi connectivity index (χ3v) is 6.92. The standard InChI is InChI=1S/C24H18F7N5O5S/c1-34(15-5-3-14(25)4-6-15)22(38)41-20-16(24(29,30)31)9-13(23(26,27)28)10-17(20)35-7-8-36(21(35)37)18-11-33-19(12-32-18)42(2,39)40/h3-6,9-12H,7-8H2,1-2H3. The van der Waals surface area contributed by atoms with E-state index < -0.39 is 74.3 Å². The van der Waals surface area contributed by atoms with Crippen LogP contribution in [0.4, 0.5) is 57.5 Å². The first-order valence-corrected chi connectivity index (χ1v) is 13.4. The van der Waals surface area contributed by atoms with Gasteiger partial charge in [-0.2, -0.15) is 26.3 Å². The lowest BCUT2D eigenvalue weighted by atomic mass is 10.1. The van der Waals surface area contributed by atoms with E-state index in [0.29, 0.717) is 9.80 Å². The van der Waals surface area contributed by atoms with Crippen molar-refractivity contribution < 1.29 is 53.5 Å². The Kier molecular flexibility index (Phi) is 7.79. The quantitative estimate of drug-likeness (QED) is 0.363. The molecule has 0 N–H and O–H groups in total. The van der Waals surface area contributed by atoms with E-state index >= 15 is 0 Å². The fraction of sp³-hybridized carbons (Fsp3) is 0.250. The van der Waals surface area contributed by atoms with Crippen LogP contribution in [0.25, 0.3) is 0 Å². The topological polar surface area (TPSA) is 113 Å². The number of hydrogen-bond acceptors (Lipinski definition) is 7. The van der Waals surface area contributed by atoms with Crippen LogP contribution >= 0.6 is 0 Å². The minimum Gasteiger partial charge on any atom is -0.407 e. The van der Waals surface area contributed by atoms with Gasteiger partial charge < -0.3 is 4.74 Å². The van der Waals surface area contributed by atoms with E-state index in [-0.39, 0.29) is 30.2 Å². The number of carbonyl (C=O) groups is 2. The maximum atomic E-state index is 14.1. The Bertz CT molecular complexity index is 1630. The van der Waals surface area contributed by atoms with Gasteiger partial charge in [-0.15, -0.1) is 0 Å². The molecular formula is C24H18F7N5O5S. The molecule has 3 aromatic rings. The van der Waals surface area contributed by atoms with Gasteiger partial charge >= 0.3 is 24.5 Å². The molecule has 1 aliphatic heterocycles. The fourth-order valence-corrected chi connectivity index (χ4v) is 4.32. The first-order chi connectivity index (χ1) is 19.4. The van der Waals surface area contributed by atoms with E-state index in [0.717, 1.165) is 54.9 Å². The van der Waals surface area contributed by atoms with E-state index in [2.05, 4.69) is 9.97 Å². The van der Waals surface area contributed by atoms with E-state index in [1.54, 1.807) is 0 Å². The molecule has 2 aromatic carbocycles. The number of benzene rings is 2. The van der Waals surface area contributed by atoms with Gasteiger partial charge in [0.25, 0.3) is 0 Å². The lowest BCUT2D eigenvalue weighted by Crippen LogP contribution is -2.34. The van der Waals surface area contributed by atoms with Crippen LogP contribution in [0.1, 0.15) is 11.1 Å². The first-order valence-electron chi connectivity index (χ1n) is 11.5. The number of hydrogen-bond donors (Lipinski definition) is 0. The Morgan fingerprint density at radius 3 is 2.10 bits per heavy atom. The lowest BCUT2D eigenvalue weighted by molar-refractivity contribution is -0.143. The predicted octanol–water partition coefficient (Wildman–Crippen LogP) is 5.14.